The zero-order valence-corrected chi connectivity index (χ0v) is 12.9. The lowest BCUT2D eigenvalue weighted by Gasteiger charge is -2.17. The second kappa shape index (κ2) is 6.08. The van der Waals surface area contributed by atoms with Crippen LogP contribution in [-0.2, 0) is 10.0 Å². The minimum atomic E-state index is -3.57. The highest BCUT2D eigenvalue weighted by atomic mass is 32.2. The third kappa shape index (κ3) is 3.22. The summed E-state index contributed by atoms with van der Waals surface area (Å²) in [4.78, 5) is 10.4. The largest absolute Gasteiger partial charge is 0.319 e. The van der Waals surface area contributed by atoms with E-state index in [1.165, 1.54) is 22.5 Å². The average Bonchev–Trinajstić information content (AvgIpc) is 2.88. The summed E-state index contributed by atoms with van der Waals surface area (Å²) < 4.78 is 26.6. The van der Waals surface area contributed by atoms with Gasteiger partial charge in [-0.25, -0.2) is 8.42 Å². The highest BCUT2D eigenvalue weighted by Gasteiger charge is 2.32. The molecule has 1 heterocycles. The molecule has 0 aromatic heterocycles. The SMILES string of the molecule is CNCC1CCN(S(=O)(=O)c2ccc([N+](=O)[O-])c(C)c2)C1. The van der Waals surface area contributed by atoms with Crippen LogP contribution in [0.5, 0.6) is 0 Å². The molecule has 0 radical (unpaired) electrons. The standard InChI is InChI=1S/C13H19N3O4S/c1-10-7-12(3-4-13(10)16(17)18)21(19,20)15-6-5-11(9-15)8-14-2/h3-4,7,11,14H,5-6,8-9H2,1-2H3. The molecular weight excluding hydrogens is 294 g/mol. The average molecular weight is 313 g/mol. The lowest BCUT2D eigenvalue weighted by Crippen LogP contribution is -2.30. The van der Waals surface area contributed by atoms with Crippen molar-refractivity contribution in [1.29, 1.82) is 0 Å². The molecule has 116 valence electrons. The lowest BCUT2D eigenvalue weighted by atomic mass is 10.1. The molecule has 1 unspecified atom stereocenters. The van der Waals surface area contributed by atoms with Crippen LogP contribution < -0.4 is 5.32 Å². The van der Waals surface area contributed by atoms with Gasteiger partial charge in [-0.2, -0.15) is 4.31 Å². The first kappa shape index (κ1) is 15.9. The van der Waals surface area contributed by atoms with E-state index in [1.54, 1.807) is 6.92 Å². The first-order chi connectivity index (χ1) is 9.86. The maximum absolute atomic E-state index is 12.6. The van der Waals surface area contributed by atoms with Gasteiger partial charge < -0.3 is 5.32 Å². The van der Waals surface area contributed by atoms with Crippen molar-refractivity contribution in [2.45, 2.75) is 18.2 Å². The van der Waals surface area contributed by atoms with Crippen LogP contribution in [0.15, 0.2) is 23.1 Å². The van der Waals surface area contributed by atoms with Crippen molar-refractivity contribution in [2.24, 2.45) is 5.92 Å². The molecule has 21 heavy (non-hydrogen) atoms. The summed E-state index contributed by atoms with van der Waals surface area (Å²) in [7, 11) is -1.73. The van der Waals surface area contributed by atoms with E-state index >= 15 is 0 Å². The fourth-order valence-electron chi connectivity index (χ4n) is 2.61. The van der Waals surface area contributed by atoms with Crippen LogP contribution in [0.1, 0.15) is 12.0 Å². The third-order valence-electron chi connectivity index (χ3n) is 3.74. The number of rotatable bonds is 5. The predicted molar refractivity (Wildman–Crippen MR) is 78.6 cm³/mol. The van der Waals surface area contributed by atoms with Gasteiger partial charge in [-0.1, -0.05) is 0 Å². The Balaban J connectivity index is 2.24. The Morgan fingerprint density at radius 2 is 2.19 bits per heavy atom. The predicted octanol–water partition coefficient (Wildman–Crippen LogP) is 1.13. The molecule has 1 atom stereocenters. The van der Waals surface area contributed by atoms with Gasteiger partial charge in [0.1, 0.15) is 0 Å². The Morgan fingerprint density at radius 1 is 1.48 bits per heavy atom. The smallest absolute Gasteiger partial charge is 0.272 e. The minimum absolute atomic E-state index is 0.0663. The Kier molecular flexibility index (Phi) is 4.60. The molecule has 7 nitrogen and oxygen atoms in total. The van der Waals surface area contributed by atoms with E-state index in [2.05, 4.69) is 5.32 Å². The van der Waals surface area contributed by atoms with E-state index in [4.69, 9.17) is 0 Å². The fourth-order valence-corrected chi connectivity index (χ4v) is 4.23. The van der Waals surface area contributed by atoms with Crippen LogP contribution in [0.3, 0.4) is 0 Å². The Labute approximate surface area is 124 Å². The highest BCUT2D eigenvalue weighted by molar-refractivity contribution is 7.89. The van der Waals surface area contributed by atoms with Gasteiger partial charge >= 0.3 is 0 Å². The van der Waals surface area contributed by atoms with Crippen LogP contribution in [0.2, 0.25) is 0 Å². The van der Waals surface area contributed by atoms with E-state index in [0.717, 1.165) is 13.0 Å². The van der Waals surface area contributed by atoms with E-state index in [1.807, 2.05) is 7.05 Å². The van der Waals surface area contributed by atoms with Crippen LogP contribution in [0.25, 0.3) is 0 Å². The molecule has 1 aliphatic rings. The molecular formula is C13H19N3O4S. The van der Waals surface area contributed by atoms with Gasteiger partial charge in [-0.05, 0) is 45.0 Å². The van der Waals surface area contributed by atoms with Crippen LogP contribution >= 0.6 is 0 Å². The second-order valence-electron chi connectivity index (χ2n) is 5.28. The summed E-state index contributed by atoms with van der Waals surface area (Å²) in [5.41, 5.74) is 0.287. The molecule has 0 spiro atoms. The van der Waals surface area contributed by atoms with Crippen molar-refractivity contribution in [3.8, 4) is 0 Å². The van der Waals surface area contributed by atoms with E-state index in [0.29, 0.717) is 24.6 Å². The zero-order valence-electron chi connectivity index (χ0n) is 12.1. The molecule has 1 aliphatic heterocycles. The number of nitrogens with zero attached hydrogens (tertiary/aromatic N) is 2. The van der Waals surface area contributed by atoms with Crippen LogP contribution in [0, 0.1) is 23.0 Å². The van der Waals surface area contributed by atoms with Crippen molar-refractivity contribution < 1.29 is 13.3 Å². The van der Waals surface area contributed by atoms with Crippen molar-refractivity contribution >= 4 is 15.7 Å². The quantitative estimate of drug-likeness (QED) is 0.650. The molecule has 0 amide bonds. The third-order valence-corrected chi connectivity index (χ3v) is 5.61. The molecule has 1 N–H and O–H groups in total. The molecule has 0 bridgehead atoms. The number of nitro groups is 1. The number of hydrogen-bond acceptors (Lipinski definition) is 5. The second-order valence-corrected chi connectivity index (χ2v) is 7.22. The van der Waals surface area contributed by atoms with Crippen LogP contribution in [0.4, 0.5) is 5.69 Å². The van der Waals surface area contributed by atoms with Crippen molar-refractivity contribution in [1.82, 2.24) is 9.62 Å². The monoisotopic (exact) mass is 313 g/mol. The van der Waals surface area contributed by atoms with E-state index in [-0.39, 0.29) is 10.6 Å². The minimum Gasteiger partial charge on any atom is -0.319 e. The molecule has 1 fully saturated rings. The number of aryl methyl sites for hydroxylation is 1. The molecule has 1 aromatic carbocycles. The number of sulfonamides is 1. The zero-order chi connectivity index (χ0) is 15.6. The highest BCUT2D eigenvalue weighted by Crippen LogP contribution is 2.27. The summed E-state index contributed by atoms with van der Waals surface area (Å²) in [5, 5.41) is 13.8. The van der Waals surface area contributed by atoms with Gasteiger partial charge in [0.15, 0.2) is 0 Å². The molecule has 0 aliphatic carbocycles. The summed E-state index contributed by atoms with van der Waals surface area (Å²) in [5.74, 6) is 0.309. The molecule has 1 saturated heterocycles. The molecule has 2 rings (SSSR count). The summed E-state index contributed by atoms with van der Waals surface area (Å²) >= 11 is 0. The van der Waals surface area contributed by atoms with Crippen LogP contribution in [-0.4, -0.2) is 44.3 Å². The van der Waals surface area contributed by atoms with Crippen molar-refractivity contribution in [2.75, 3.05) is 26.7 Å². The number of nitro benzene ring substituents is 1. The normalized spacial score (nSPS) is 19.8. The fraction of sp³-hybridized carbons (Fsp3) is 0.538. The Morgan fingerprint density at radius 3 is 2.76 bits per heavy atom. The van der Waals surface area contributed by atoms with Gasteiger partial charge in [-0.15, -0.1) is 0 Å². The molecule has 8 heteroatoms. The number of benzene rings is 1. The Bertz CT molecular complexity index is 645. The van der Waals surface area contributed by atoms with Gasteiger partial charge in [0.05, 0.1) is 9.82 Å². The topological polar surface area (TPSA) is 92.6 Å². The molecule has 1 aromatic rings. The lowest BCUT2D eigenvalue weighted by molar-refractivity contribution is -0.385. The summed E-state index contributed by atoms with van der Waals surface area (Å²) in [6.45, 7) is 3.31. The first-order valence-electron chi connectivity index (χ1n) is 6.76. The number of hydrogen-bond donors (Lipinski definition) is 1. The van der Waals surface area contributed by atoms with Gasteiger partial charge in [0.2, 0.25) is 10.0 Å². The van der Waals surface area contributed by atoms with E-state index < -0.39 is 14.9 Å². The Hall–Kier alpha value is -1.51. The number of nitrogens with one attached hydrogen (secondary N) is 1. The first-order valence-corrected chi connectivity index (χ1v) is 8.20. The molecule has 0 saturated carbocycles. The maximum Gasteiger partial charge on any atom is 0.272 e. The van der Waals surface area contributed by atoms with Gasteiger partial charge in [-0.3, -0.25) is 10.1 Å². The van der Waals surface area contributed by atoms with Gasteiger partial charge in [0.25, 0.3) is 5.69 Å². The maximum atomic E-state index is 12.6. The van der Waals surface area contributed by atoms with E-state index in [9.17, 15) is 18.5 Å². The summed E-state index contributed by atoms with van der Waals surface area (Å²) in [6, 6.07) is 3.94. The van der Waals surface area contributed by atoms with Gasteiger partial charge in [0, 0.05) is 24.7 Å². The van der Waals surface area contributed by atoms with Crippen molar-refractivity contribution in [3.63, 3.8) is 0 Å². The summed E-state index contributed by atoms with van der Waals surface area (Å²) in [6.07, 6.45) is 0.825. The van der Waals surface area contributed by atoms with Crippen molar-refractivity contribution in [3.05, 3.63) is 33.9 Å².